The van der Waals surface area contributed by atoms with Crippen molar-refractivity contribution in [2.45, 2.75) is 77.3 Å². The molecule has 0 aliphatic carbocycles. The van der Waals surface area contributed by atoms with E-state index in [2.05, 4.69) is 6.92 Å². The molecule has 0 aliphatic heterocycles. The summed E-state index contributed by atoms with van der Waals surface area (Å²) in [6, 6.07) is 6.59. The summed E-state index contributed by atoms with van der Waals surface area (Å²) in [7, 11) is 0. The molecule has 0 bridgehead atoms. The maximum atomic E-state index is 12.2. The summed E-state index contributed by atoms with van der Waals surface area (Å²) in [5, 5.41) is 0. The van der Waals surface area contributed by atoms with Crippen LogP contribution in [-0.2, 0) is 11.2 Å². The molecule has 0 saturated carbocycles. The molecule has 0 spiro atoms. The largest absolute Gasteiger partial charge is 0.450 e. The molecule has 0 N–H and O–H groups in total. The summed E-state index contributed by atoms with van der Waals surface area (Å²) < 4.78 is 36.7. The molecule has 1 aromatic carbocycles. The third kappa shape index (κ3) is 8.84. The fourth-order valence-corrected chi connectivity index (χ4v) is 2.71. The number of carbonyl (C=O) groups is 2. The number of hydrogen-bond donors (Lipinski definition) is 0. The van der Waals surface area contributed by atoms with Crippen molar-refractivity contribution >= 4 is 11.6 Å². The molecule has 140 valence electrons. The van der Waals surface area contributed by atoms with E-state index in [1.807, 2.05) is 6.07 Å². The highest BCUT2D eigenvalue weighted by atomic mass is 19.4. The molecule has 0 unspecified atom stereocenters. The van der Waals surface area contributed by atoms with Crippen molar-refractivity contribution in [2.75, 3.05) is 0 Å². The van der Waals surface area contributed by atoms with Crippen LogP contribution in [0.1, 0.15) is 80.6 Å². The Hall–Kier alpha value is -1.65. The van der Waals surface area contributed by atoms with Crippen molar-refractivity contribution in [1.29, 1.82) is 0 Å². The zero-order chi connectivity index (χ0) is 18.7. The predicted octanol–water partition coefficient (Wildman–Crippen LogP) is 6.07. The molecular formula is C20H27F3O2. The van der Waals surface area contributed by atoms with E-state index in [1.165, 1.54) is 44.6 Å². The van der Waals surface area contributed by atoms with Gasteiger partial charge in [-0.15, -0.1) is 0 Å². The summed E-state index contributed by atoms with van der Waals surface area (Å²) in [6.45, 7) is 2.19. The molecule has 5 heteroatoms. The second-order valence-corrected chi connectivity index (χ2v) is 6.45. The van der Waals surface area contributed by atoms with Crippen molar-refractivity contribution in [1.82, 2.24) is 0 Å². The van der Waals surface area contributed by atoms with Crippen molar-refractivity contribution < 1.29 is 22.8 Å². The van der Waals surface area contributed by atoms with Crippen LogP contribution in [0, 0.1) is 0 Å². The fraction of sp³-hybridized carbons (Fsp3) is 0.600. The van der Waals surface area contributed by atoms with Crippen LogP contribution in [0.25, 0.3) is 0 Å². The Morgan fingerprint density at radius 2 is 1.52 bits per heavy atom. The highest BCUT2D eigenvalue weighted by Crippen LogP contribution is 2.20. The number of aryl methyl sites for hydroxylation is 1. The van der Waals surface area contributed by atoms with Gasteiger partial charge in [-0.2, -0.15) is 13.2 Å². The van der Waals surface area contributed by atoms with Gasteiger partial charge in [-0.05, 0) is 24.5 Å². The quantitative estimate of drug-likeness (QED) is 0.259. The molecule has 0 aliphatic rings. The van der Waals surface area contributed by atoms with Crippen LogP contribution in [0.4, 0.5) is 13.2 Å². The Morgan fingerprint density at radius 3 is 2.12 bits per heavy atom. The van der Waals surface area contributed by atoms with E-state index in [9.17, 15) is 22.8 Å². The van der Waals surface area contributed by atoms with Crippen LogP contribution in [0.5, 0.6) is 0 Å². The van der Waals surface area contributed by atoms with Crippen LogP contribution < -0.4 is 0 Å². The minimum absolute atomic E-state index is 0.176. The molecule has 0 saturated heterocycles. The van der Waals surface area contributed by atoms with Gasteiger partial charge in [0.1, 0.15) is 0 Å². The van der Waals surface area contributed by atoms with E-state index in [4.69, 9.17) is 0 Å². The average molecular weight is 356 g/mol. The monoisotopic (exact) mass is 356 g/mol. The molecular weight excluding hydrogens is 329 g/mol. The average Bonchev–Trinajstić information content (AvgIpc) is 2.56. The first-order valence-corrected chi connectivity index (χ1v) is 9.06. The van der Waals surface area contributed by atoms with Crippen LogP contribution in [0.15, 0.2) is 24.3 Å². The number of Topliss-reactive ketones (excluding diaryl/α,β-unsaturated/α-hetero) is 2. The number of benzene rings is 1. The van der Waals surface area contributed by atoms with Gasteiger partial charge in [0.15, 0.2) is 5.78 Å². The first kappa shape index (κ1) is 21.4. The Labute approximate surface area is 147 Å². The van der Waals surface area contributed by atoms with E-state index >= 15 is 0 Å². The van der Waals surface area contributed by atoms with Crippen molar-refractivity contribution in [3.8, 4) is 0 Å². The molecule has 1 aromatic rings. The lowest BCUT2D eigenvalue weighted by Gasteiger charge is -2.07. The van der Waals surface area contributed by atoms with E-state index in [0.717, 1.165) is 24.8 Å². The predicted molar refractivity (Wildman–Crippen MR) is 92.8 cm³/mol. The number of unbranched alkanes of at least 4 members (excludes halogenated alkanes) is 7. The number of halogens is 3. The van der Waals surface area contributed by atoms with Crippen LogP contribution in [-0.4, -0.2) is 17.7 Å². The Morgan fingerprint density at radius 1 is 0.920 bits per heavy atom. The standard InChI is InChI=1S/C20H27F3O2/c1-2-3-4-5-6-7-8-9-11-16-12-10-13-17(14-16)18(24)15-19(25)20(21,22)23/h10,12-14H,2-9,11,15H2,1H3. The second kappa shape index (κ2) is 11.1. The second-order valence-electron chi connectivity index (χ2n) is 6.45. The lowest BCUT2D eigenvalue weighted by Crippen LogP contribution is -2.25. The molecule has 0 aromatic heterocycles. The van der Waals surface area contributed by atoms with Gasteiger partial charge >= 0.3 is 6.18 Å². The first-order valence-electron chi connectivity index (χ1n) is 9.06. The van der Waals surface area contributed by atoms with Crippen molar-refractivity contribution in [3.63, 3.8) is 0 Å². The molecule has 0 fully saturated rings. The Bertz CT molecular complexity index is 550. The van der Waals surface area contributed by atoms with Crippen LogP contribution in [0.3, 0.4) is 0 Å². The molecule has 0 atom stereocenters. The number of alkyl halides is 3. The van der Waals surface area contributed by atoms with Gasteiger partial charge in [-0.1, -0.05) is 70.1 Å². The Kier molecular flexibility index (Phi) is 9.46. The third-order valence-electron chi connectivity index (χ3n) is 4.21. The number of carbonyl (C=O) groups excluding carboxylic acids is 2. The molecule has 2 nitrogen and oxygen atoms in total. The van der Waals surface area contributed by atoms with Gasteiger partial charge in [0.2, 0.25) is 5.78 Å². The summed E-state index contributed by atoms with van der Waals surface area (Å²) in [5.74, 6) is -2.77. The van der Waals surface area contributed by atoms with E-state index in [1.54, 1.807) is 12.1 Å². The number of ketones is 2. The lowest BCUT2D eigenvalue weighted by molar-refractivity contribution is -0.170. The normalized spacial score (nSPS) is 11.5. The van der Waals surface area contributed by atoms with Gasteiger partial charge in [-0.25, -0.2) is 0 Å². The molecule has 1 rings (SSSR count). The minimum Gasteiger partial charge on any atom is -0.294 e. The summed E-state index contributed by atoms with van der Waals surface area (Å²) in [6.07, 6.45) is 4.33. The van der Waals surface area contributed by atoms with Gasteiger partial charge < -0.3 is 0 Å². The summed E-state index contributed by atoms with van der Waals surface area (Å²) >= 11 is 0. The zero-order valence-corrected chi connectivity index (χ0v) is 14.8. The Balaban J connectivity index is 2.37. The van der Waals surface area contributed by atoms with E-state index < -0.39 is 24.2 Å². The SMILES string of the molecule is CCCCCCCCCCc1cccc(C(=O)CC(=O)C(F)(F)F)c1. The van der Waals surface area contributed by atoms with Crippen LogP contribution >= 0.6 is 0 Å². The van der Waals surface area contributed by atoms with Gasteiger partial charge in [0.25, 0.3) is 0 Å². The van der Waals surface area contributed by atoms with Gasteiger partial charge in [0.05, 0.1) is 6.42 Å². The van der Waals surface area contributed by atoms with Crippen molar-refractivity contribution in [3.05, 3.63) is 35.4 Å². The smallest absolute Gasteiger partial charge is 0.294 e. The lowest BCUT2D eigenvalue weighted by atomic mass is 9.99. The highest BCUT2D eigenvalue weighted by molar-refractivity contribution is 6.09. The molecule has 25 heavy (non-hydrogen) atoms. The van der Waals surface area contributed by atoms with E-state index in [-0.39, 0.29) is 5.56 Å². The highest BCUT2D eigenvalue weighted by Gasteiger charge is 2.39. The maximum absolute atomic E-state index is 12.2. The minimum atomic E-state index is -4.95. The third-order valence-corrected chi connectivity index (χ3v) is 4.21. The van der Waals surface area contributed by atoms with E-state index in [0.29, 0.717) is 0 Å². The fourth-order valence-electron chi connectivity index (χ4n) is 2.71. The summed E-state index contributed by atoms with van der Waals surface area (Å²) in [5.41, 5.74) is 1.10. The zero-order valence-electron chi connectivity index (χ0n) is 14.8. The first-order chi connectivity index (χ1) is 11.8. The molecule has 0 radical (unpaired) electrons. The molecule has 0 amide bonds. The van der Waals surface area contributed by atoms with Gasteiger partial charge in [-0.3, -0.25) is 9.59 Å². The maximum Gasteiger partial charge on any atom is 0.450 e. The number of hydrogen-bond acceptors (Lipinski definition) is 2. The molecule has 0 heterocycles. The topological polar surface area (TPSA) is 34.1 Å². The van der Waals surface area contributed by atoms with Crippen LogP contribution in [0.2, 0.25) is 0 Å². The van der Waals surface area contributed by atoms with Crippen molar-refractivity contribution in [2.24, 2.45) is 0 Å². The summed E-state index contributed by atoms with van der Waals surface area (Å²) in [4.78, 5) is 22.8. The van der Waals surface area contributed by atoms with Gasteiger partial charge in [0, 0.05) is 5.56 Å². The number of rotatable bonds is 12.